The number of aliphatic hydroxyl groups excluding tert-OH is 1. The van der Waals surface area contributed by atoms with Crippen LogP contribution in [0.3, 0.4) is 0 Å². The van der Waals surface area contributed by atoms with Crippen LogP contribution in [-0.4, -0.2) is 36.1 Å². The molecule has 0 radical (unpaired) electrons. The molecule has 0 atom stereocenters. The normalized spacial score (nSPS) is 11.4. The van der Waals surface area contributed by atoms with E-state index in [-0.39, 0.29) is 24.2 Å². The van der Waals surface area contributed by atoms with Crippen LogP contribution >= 0.6 is 0 Å². The van der Waals surface area contributed by atoms with E-state index < -0.39 is 0 Å². The van der Waals surface area contributed by atoms with Gasteiger partial charge in [0.05, 0.1) is 17.9 Å². The molecule has 0 unspecified atom stereocenters. The number of aliphatic hydroxyl groups is 1. The summed E-state index contributed by atoms with van der Waals surface area (Å²) in [5.74, 6) is 0. The van der Waals surface area contributed by atoms with Crippen molar-refractivity contribution in [1.29, 1.82) is 0 Å². The fourth-order valence-electron chi connectivity index (χ4n) is 3.06. The van der Waals surface area contributed by atoms with Crippen LogP contribution in [0.15, 0.2) is 47.4 Å². The van der Waals surface area contributed by atoms with Gasteiger partial charge in [0, 0.05) is 12.7 Å². The molecule has 0 aliphatic heterocycles. The highest BCUT2D eigenvalue weighted by Gasteiger charge is 2.18. The number of pyridine rings is 1. The Kier molecular flexibility index (Phi) is 3.77. The van der Waals surface area contributed by atoms with Gasteiger partial charge < -0.3 is 9.67 Å². The molecule has 3 aromatic heterocycles. The molecule has 0 saturated carbocycles. The predicted molar refractivity (Wildman–Crippen MR) is 94.4 cm³/mol. The molecule has 0 aliphatic carbocycles. The molecule has 1 aromatic carbocycles. The van der Waals surface area contributed by atoms with Crippen molar-refractivity contribution < 1.29 is 5.11 Å². The van der Waals surface area contributed by atoms with Gasteiger partial charge in [0.1, 0.15) is 5.52 Å². The van der Waals surface area contributed by atoms with E-state index in [0.29, 0.717) is 11.2 Å². The highest BCUT2D eigenvalue weighted by molar-refractivity contribution is 5.84. The second kappa shape index (κ2) is 6.10. The molecule has 0 fully saturated rings. The Morgan fingerprint density at radius 2 is 1.92 bits per heavy atom. The van der Waals surface area contributed by atoms with Gasteiger partial charge in [-0.15, -0.1) is 10.2 Å². The highest BCUT2D eigenvalue weighted by atomic mass is 16.3. The molecule has 1 N–H and O–H groups in total. The molecular formula is C18H17N5O2. The third kappa shape index (κ3) is 2.40. The number of hydrogen-bond donors (Lipinski definition) is 1. The summed E-state index contributed by atoms with van der Waals surface area (Å²) in [6.07, 6.45) is 2.40. The van der Waals surface area contributed by atoms with Crippen molar-refractivity contribution in [3.05, 3.63) is 58.6 Å². The van der Waals surface area contributed by atoms with Crippen molar-refractivity contribution >= 4 is 16.7 Å². The Balaban J connectivity index is 2.05. The average molecular weight is 335 g/mol. The Hall–Kier alpha value is -3.06. The molecule has 0 spiro atoms. The van der Waals surface area contributed by atoms with Gasteiger partial charge in [-0.25, -0.2) is 4.52 Å². The molecule has 0 amide bonds. The smallest absolute Gasteiger partial charge is 0.280 e. The summed E-state index contributed by atoms with van der Waals surface area (Å²) in [5.41, 5.74) is 4.08. The Bertz CT molecular complexity index is 1120. The fraction of sp³-hybridized carbons (Fsp3) is 0.222. The number of hydrogen-bond acceptors (Lipinski definition) is 5. The van der Waals surface area contributed by atoms with E-state index >= 15 is 0 Å². The van der Waals surface area contributed by atoms with Gasteiger partial charge in [-0.1, -0.05) is 37.3 Å². The summed E-state index contributed by atoms with van der Waals surface area (Å²) in [5, 5.41) is 22.2. The van der Waals surface area contributed by atoms with Crippen molar-refractivity contribution in [1.82, 2.24) is 24.4 Å². The predicted octanol–water partition coefficient (Wildman–Crippen LogP) is 1.66. The van der Waals surface area contributed by atoms with Crippen LogP contribution in [0.2, 0.25) is 0 Å². The number of aryl methyl sites for hydroxylation is 1. The standard InChI is InChI=1S/C18H17N5O2/c1-2-13-15(12-6-4-3-5-7-12)17-20-19-16-14(23(17)21-13)8-9-22(10-11-24)18(16)25/h3-9,24H,2,10-11H2,1H3. The number of aromatic nitrogens is 5. The van der Waals surface area contributed by atoms with E-state index in [1.165, 1.54) is 4.57 Å². The minimum absolute atomic E-state index is 0.110. The third-order valence-corrected chi connectivity index (χ3v) is 4.26. The summed E-state index contributed by atoms with van der Waals surface area (Å²) in [7, 11) is 0. The van der Waals surface area contributed by atoms with Crippen LogP contribution in [0.4, 0.5) is 0 Å². The molecule has 3 heterocycles. The van der Waals surface area contributed by atoms with Crippen LogP contribution in [0, 0.1) is 0 Å². The number of fused-ring (bicyclic) bond motifs is 3. The molecule has 0 bridgehead atoms. The molecular weight excluding hydrogens is 318 g/mol. The first kappa shape index (κ1) is 15.5. The lowest BCUT2D eigenvalue weighted by Crippen LogP contribution is -2.23. The maximum absolute atomic E-state index is 12.5. The number of nitrogens with zero attached hydrogens (tertiary/aromatic N) is 5. The summed E-state index contributed by atoms with van der Waals surface area (Å²) < 4.78 is 3.11. The topological polar surface area (TPSA) is 85.3 Å². The average Bonchev–Trinajstić information content (AvgIpc) is 3.03. The van der Waals surface area contributed by atoms with Crippen LogP contribution in [-0.2, 0) is 13.0 Å². The SMILES string of the molecule is CCc1nn2c(nnc3c(=O)n(CCO)ccc32)c1-c1ccccc1. The van der Waals surface area contributed by atoms with E-state index in [1.807, 2.05) is 37.3 Å². The fourth-order valence-corrected chi connectivity index (χ4v) is 3.06. The van der Waals surface area contributed by atoms with Gasteiger partial charge in [0.2, 0.25) is 0 Å². The molecule has 4 rings (SSSR count). The Labute approximate surface area is 143 Å². The van der Waals surface area contributed by atoms with Gasteiger partial charge in [-0.2, -0.15) is 5.10 Å². The van der Waals surface area contributed by atoms with Crippen molar-refractivity contribution in [2.45, 2.75) is 19.9 Å². The minimum Gasteiger partial charge on any atom is -0.395 e. The summed E-state index contributed by atoms with van der Waals surface area (Å²) >= 11 is 0. The largest absolute Gasteiger partial charge is 0.395 e. The lowest BCUT2D eigenvalue weighted by molar-refractivity contribution is 0.274. The number of rotatable bonds is 4. The van der Waals surface area contributed by atoms with Crippen LogP contribution < -0.4 is 5.56 Å². The quantitative estimate of drug-likeness (QED) is 0.613. The summed E-state index contributed by atoms with van der Waals surface area (Å²) in [4.78, 5) is 12.5. The van der Waals surface area contributed by atoms with Crippen molar-refractivity contribution in [3.63, 3.8) is 0 Å². The maximum atomic E-state index is 12.5. The second-order valence-electron chi connectivity index (χ2n) is 5.75. The zero-order valence-corrected chi connectivity index (χ0v) is 13.8. The molecule has 7 heteroatoms. The summed E-state index contributed by atoms with van der Waals surface area (Å²) in [6, 6.07) is 11.7. The van der Waals surface area contributed by atoms with Gasteiger partial charge in [-0.05, 0) is 18.1 Å². The highest BCUT2D eigenvalue weighted by Crippen LogP contribution is 2.28. The van der Waals surface area contributed by atoms with Crippen molar-refractivity contribution in [2.75, 3.05) is 6.61 Å². The van der Waals surface area contributed by atoms with Crippen LogP contribution in [0.5, 0.6) is 0 Å². The molecule has 25 heavy (non-hydrogen) atoms. The monoisotopic (exact) mass is 335 g/mol. The van der Waals surface area contributed by atoms with E-state index in [2.05, 4.69) is 15.3 Å². The first-order chi connectivity index (χ1) is 12.2. The molecule has 7 nitrogen and oxygen atoms in total. The Morgan fingerprint density at radius 1 is 1.12 bits per heavy atom. The van der Waals surface area contributed by atoms with Gasteiger partial charge in [0.15, 0.2) is 11.2 Å². The molecule has 4 aromatic rings. The zero-order chi connectivity index (χ0) is 17.4. The lowest BCUT2D eigenvalue weighted by atomic mass is 10.0. The van der Waals surface area contributed by atoms with E-state index in [9.17, 15) is 4.79 Å². The molecule has 126 valence electrons. The minimum atomic E-state index is -0.282. The van der Waals surface area contributed by atoms with E-state index in [1.54, 1.807) is 16.8 Å². The van der Waals surface area contributed by atoms with Crippen molar-refractivity contribution in [3.8, 4) is 11.1 Å². The molecule has 0 saturated heterocycles. The van der Waals surface area contributed by atoms with Gasteiger partial charge in [-0.3, -0.25) is 4.79 Å². The van der Waals surface area contributed by atoms with E-state index in [4.69, 9.17) is 5.11 Å². The van der Waals surface area contributed by atoms with E-state index in [0.717, 1.165) is 23.2 Å². The molecule has 0 aliphatic rings. The first-order valence-electron chi connectivity index (χ1n) is 8.18. The van der Waals surface area contributed by atoms with Crippen molar-refractivity contribution in [2.24, 2.45) is 0 Å². The van der Waals surface area contributed by atoms with Crippen LogP contribution in [0.1, 0.15) is 12.6 Å². The lowest BCUT2D eigenvalue weighted by Gasteiger charge is -2.05. The summed E-state index contributed by atoms with van der Waals surface area (Å²) in [6.45, 7) is 2.15. The Morgan fingerprint density at radius 3 is 2.64 bits per heavy atom. The third-order valence-electron chi connectivity index (χ3n) is 4.26. The first-order valence-corrected chi connectivity index (χ1v) is 8.18. The number of benzene rings is 1. The van der Waals surface area contributed by atoms with Crippen LogP contribution in [0.25, 0.3) is 27.8 Å². The maximum Gasteiger partial charge on any atom is 0.280 e. The van der Waals surface area contributed by atoms with Gasteiger partial charge >= 0.3 is 0 Å². The van der Waals surface area contributed by atoms with Gasteiger partial charge in [0.25, 0.3) is 5.56 Å². The zero-order valence-electron chi connectivity index (χ0n) is 13.8. The second-order valence-corrected chi connectivity index (χ2v) is 5.75.